The second kappa shape index (κ2) is 11.2. The third kappa shape index (κ3) is 9.07. The zero-order valence-electron chi connectivity index (χ0n) is 24.9. The lowest BCUT2D eigenvalue weighted by atomic mass is 9.68. The summed E-state index contributed by atoms with van der Waals surface area (Å²) in [5, 5.41) is 0. The van der Waals surface area contributed by atoms with Gasteiger partial charge in [-0.3, -0.25) is 0 Å². The molecule has 4 N–H and O–H groups in total. The molecule has 0 aromatic heterocycles. The normalized spacial score (nSPS) is 17.7. The summed E-state index contributed by atoms with van der Waals surface area (Å²) in [6.45, 7) is 34.4. The van der Waals surface area contributed by atoms with E-state index in [0.29, 0.717) is 25.7 Å². The molecule has 0 aliphatic carbocycles. The predicted octanol–water partition coefficient (Wildman–Crippen LogP) is 6.17. The number of hydrogen-bond acceptors (Lipinski definition) is 5. The van der Waals surface area contributed by atoms with Crippen molar-refractivity contribution in [2.45, 2.75) is 139 Å². The van der Waals surface area contributed by atoms with Crippen LogP contribution >= 0.6 is 0 Å². The van der Waals surface area contributed by atoms with Crippen LogP contribution in [0.4, 0.5) is 0 Å². The van der Waals surface area contributed by atoms with Gasteiger partial charge in [0.2, 0.25) is 0 Å². The van der Waals surface area contributed by atoms with Crippen LogP contribution in [0.1, 0.15) is 110 Å². The van der Waals surface area contributed by atoms with Crippen LogP contribution in [0, 0.1) is 22.7 Å². The molecule has 0 aliphatic heterocycles. The SMILES string of the molecule is CC(COC(C)(C)C(C)(C)CCOC(C)(C)C(C)(C)C(C)COC(C)(C)C(C)N)C(C)(C)N. The van der Waals surface area contributed by atoms with E-state index < -0.39 is 0 Å². The molecule has 0 fully saturated rings. The highest BCUT2D eigenvalue weighted by atomic mass is 16.5. The van der Waals surface area contributed by atoms with Crippen molar-refractivity contribution in [1.82, 2.24) is 0 Å². The molecule has 0 saturated heterocycles. The average molecular weight is 473 g/mol. The minimum absolute atomic E-state index is 0.0243. The Morgan fingerprint density at radius 2 is 1.09 bits per heavy atom. The fraction of sp³-hybridized carbons (Fsp3) is 1.00. The topological polar surface area (TPSA) is 79.7 Å². The van der Waals surface area contributed by atoms with Crippen molar-refractivity contribution in [2.75, 3.05) is 19.8 Å². The number of hydrogen-bond donors (Lipinski definition) is 2. The highest BCUT2D eigenvalue weighted by Gasteiger charge is 2.44. The molecule has 0 saturated carbocycles. The van der Waals surface area contributed by atoms with E-state index in [9.17, 15) is 0 Å². The van der Waals surface area contributed by atoms with E-state index >= 15 is 0 Å². The van der Waals surface area contributed by atoms with Gasteiger partial charge in [-0.1, -0.05) is 41.5 Å². The molecule has 0 amide bonds. The summed E-state index contributed by atoms with van der Waals surface area (Å²) in [5.41, 5.74) is 11.0. The Morgan fingerprint density at radius 1 is 0.636 bits per heavy atom. The molecular formula is C28H60N2O3. The molecular weight excluding hydrogens is 412 g/mol. The summed E-state index contributed by atoms with van der Waals surface area (Å²) < 4.78 is 19.1. The lowest BCUT2D eigenvalue weighted by Gasteiger charge is -2.47. The molecule has 3 unspecified atom stereocenters. The molecule has 0 spiro atoms. The molecule has 5 nitrogen and oxygen atoms in total. The average Bonchev–Trinajstić information content (AvgIpc) is 2.62. The van der Waals surface area contributed by atoms with E-state index in [1.54, 1.807) is 0 Å². The minimum Gasteiger partial charge on any atom is -0.375 e. The molecule has 0 aromatic rings. The third-order valence-electron chi connectivity index (χ3n) is 9.37. The molecule has 0 aromatic carbocycles. The monoisotopic (exact) mass is 472 g/mol. The molecule has 0 radical (unpaired) electrons. The number of ether oxygens (including phenoxy) is 3. The van der Waals surface area contributed by atoms with Gasteiger partial charge >= 0.3 is 0 Å². The van der Waals surface area contributed by atoms with E-state index in [0.717, 1.165) is 6.42 Å². The highest BCUT2D eigenvalue weighted by molar-refractivity contribution is 4.93. The number of rotatable bonds is 15. The first kappa shape index (κ1) is 32.8. The summed E-state index contributed by atoms with van der Waals surface area (Å²) in [6.07, 6.45) is 0.905. The number of nitrogens with two attached hydrogens (primary N) is 2. The largest absolute Gasteiger partial charge is 0.375 e. The van der Waals surface area contributed by atoms with Crippen LogP contribution < -0.4 is 11.5 Å². The van der Waals surface area contributed by atoms with Crippen LogP contribution in [0.25, 0.3) is 0 Å². The Kier molecular flexibility index (Phi) is 11.2. The van der Waals surface area contributed by atoms with Gasteiger partial charge in [-0.25, -0.2) is 0 Å². The summed E-state index contributed by atoms with van der Waals surface area (Å²) in [6, 6.07) is -0.0243. The minimum atomic E-state index is -0.346. The standard InChI is InChI=1S/C28H60N2O3/c1-20(18-32-26(10,11)22(3)29)24(6,7)28(14,15)31-17-16-23(4,5)27(12,13)33-19-21(2)25(8,9)30/h20-22H,16-19,29-30H2,1-15H3. The molecule has 5 heteroatoms. The van der Waals surface area contributed by atoms with E-state index in [4.69, 9.17) is 25.7 Å². The van der Waals surface area contributed by atoms with Crippen molar-refractivity contribution in [3.8, 4) is 0 Å². The van der Waals surface area contributed by atoms with E-state index in [-0.39, 0.29) is 45.1 Å². The lowest BCUT2D eigenvalue weighted by Crippen LogP contribution is -2.50. The second-order valence-corrected chi connectivity index (χ2v) is 13.9. The van der Waals surface area contributed by atoms with E-state index in [1.165, 1.54) is 0 Å². The van der Waals surface area contributed by atoms with Gasteiger partial charge in [-0.15, -0.1) is 0 Å². The van der Waals surface area contributed by atoms with E-state index in [1.807, 2.05) is 6.92 Å². The van der Waals surface area contributed by atoms with Crippen molar-refractivity contribution in [3.63, 3.8) is 0 Å². The van der Waals surface area contributed by atoms with Gasteiger partial charge in [0.1, 0.15) is 0 Å². The maximum absolute atomic E-state index is 6.55. The van der Waals surface area contributed by atoms with Crippen molar-refractivity contribution >= 4 is 0 Å². The van der Waals surface area contributed by atoms with Crippen LogP contribution in [-0.4, -0.2) is 48.2 Å². The zero-order valence-corrected chi connectivity index (χ0v) is 24.9. The Labute approximate surface area is 207 Å². The molecule has 3 atom stereocenters. The summed E-state index contributed by atoms with van der Waals surface area (Å²) in [7, 11) is 0. The maximum Gasteiger partial charge on any atom is 0.0774 e. The fourth-order valence-electron chi connectivity index (χ4n) is 3.06. The van der Waals surface area contributed by atoms with Gasteiger partial charge in [0.25, 0.3) is 0 Å². The summed E-state index contributed by atoms with van der Waals surface area (Å²) in [4.78, 5) is 0. The van der Waals surface area contributed by atoms with Gasteiger partial charge < -0.3 is 25.7 Å². The maximum atomic E-state index is 6.55. The Morgan fingerprint density at radius 3 is 1.52 bits per heavy atom. The molecule has 0 heterocycles. The van der Waals surface area contributed by atoms with Gasteiger partial charge in [-0.2, -0.15) is 0 Å². The van der Waals surface area contributed by atoms with Crippen molar-refractivity contribution in [2.24, 2.45) is 34.1 Å². The van der Waals surface area contributed by atoms with Crippen molar-refractivity contribution < 1.29 is 14.2 Å². The van der Waals surface area contributed by atoms with E-state index in [2.05, 4.69) is 96.9 Å². The highest BCUT2D eigenvalue weighted by Crippen LogP contribution is 2.43. The van der Waals surface area contributed by atoms with Crippen LogP contribution in [0.15, 0.2) is 0 Å². The Bertz CT molecular complexity index is 586. The quantitative estimate of drug-likeness (QED) is 0.298. The first-order valence-electron chi connectivity index (χ1n) is 12.9. The summed E-state index contributed by atoms with van der Waals surface area (Å²) in [5.74, 6) is 0.582. The van der Waals surface area contributed by atoms with Gasteiger partial charge in [0, 0.05) is 18.2 Å². The van der Waals surface area contributed by atoms with Gasteiger partial charge in [-0.05, 0) is 91.4 Å². The predicted molar refractivity (Wildman–Crippen MR) is 143 cm³/mol. The first-order chi connectivity index (χ1) is 14.4. The van der Waals surface area contributed by atoms with Crippen LogP contribution in [0.5, 0.6) is 0 Å². The Hall–Kier alpha value is -0.200. The van der Waals surface area contributed by atoms with Crippen LogP contribution in [-0.2, 0) is 14.2 Å². The van der Waals surface area contributed by atoms with Crippen molar-refractivity contribution in [3.05, 3.63) is 0 Å². The first-order valence-corrected chi connectivity index (χ1v) is 12.9. The molecule has 0 aliphatic rings. The second-order valence-electron chi connectivity index (χ2n) is 13.9. The van der Waals surface area contributed by atoms with Gasteiger partial charge in [0.15, 0.2) is 0 Å². The fourth-order valence-corrected chi connectivity index (χ4v) is 3.06. The van der Waals surface area contributed by atoms with Gasteiger partial charge in [0.05, 0.1) is 30.0 Å². The zero-order chi connectivity index (χ0) is 26.7. The third-order valence-corrected chi connectivity index (χ3v) is 9.37. The molecule has 200 valence electrons. The lowest BCUT2D eigenvalue weighted by molar-refractivity contribution is -0.159. The van der Waals surface area contributed by atoms with Crippen molar-refractivity contribution in [1.29, 1.82) is 0 Å². The smallest absolute Gasteiger partial charge is 0.0774 e. The van der Waals surface area contributed by atoms with Crippen LogP contribution in [0.3, 0.4) is 0 Å². The van der Waals surface area contributed by atoms with Crippen LogP contribution in [0.2, 0.25) is 0 Å². The summed E-state index contributed by atoms with van der Waals surface area (Å²) >= 11 is 0. The molecule has 33 heavy (non-hydrogen) atoms. The Balaban J connectivity index is 5.02. The molecule has 0 rings (SSSR count). The molecule has 0 bridgehead atoms.